The summed E-state index contributed by atoms with van der Waals surface area (Å²) in [6.07, 6.45) is 4.47. The van der Waals surface area contributed by atoms with Gasteiger partial charge in [0.25, 0.3) is 5.69 Å². The highest BCUT2D eigenvalue weighted by Crippen LogP contribution is 2.18. The van der Waals surface area contributed by atoms with Crippen molar-refractivity contribution >= 4 is 11.5 Å². The van der Waals surface area contributed by atoms with E-state index < -0.39 is 4.92 Å². The second-order valence-corrected chi connectivity index (χ2v) is 4.29. The van der Waals surface area contributed by atoms with Crippen LogP contribution in [0.5, 0.6) is 0 Å². The zero-order chi connectivity index (χ0) is 13.0. The molecule has 1 aromatic rings. The van der Waals surface area contributed by atoms with Crippen molar-refractivity contribution in [3.05, 3.63) is 39.6 Å². The van der Waals surface area contributed by atoms with Gasteiger partial charge >= 0.3 is 0 Å². The molecule has 0 spiro atoms. The number of nitro groups is 1. The summed E-state index contributed by atoms with van der Waals surface area (Å²) in [5, 5.41) is 17.1. The number of aromatic nitrogens is 1. The smallest absolute Gasteiger partial charge is 0.287 e. The monoisotopic (exact) mass is 248 g/mol. The van der Waals surface area contributed by atoms with E-state index in [1.54, 1.807) is 0 Å². The lowest BCUT2D eigenvalue weighted by molar-refractivity contribution is -0.385. The first kappa shape index (κ1) is 12.5. The minimum absolute atomic E-state index is 0.0270. The average Bonchev–Trinajstić information content (AvgIpc) is 2.38. The van der Waals surface area contributed by atoms with Gasteiger partial charge in [-0.25, -0.2) is 4.98 Å². The number of anilines is 1. The predicted molar refractivity (Wildman–Crippen MR) is 69.7 cm³/mol. The fourth-order valence-corrected chi connectivity index (χ4v) is 1.87. The molecule has 0 aliphatic carbocycles. The van der Waals surface area contributed by atoms with E-state index >= 15 is 0 Å². The Morgan fingerprint density at radius 1 is 1.61 bits per heavy atom. The van der Waals surface area contributed by atoms with E-state index in [-0.39, 0.29) is 5.69 Å². The molecule has 1 aromatic heterocycles. The Labute approximate surface area is 105 Å². The normalized spacial score (nSPS) is 15.1. The summed E-state index contributed by atoms with van der Waals surface area (Å²) in [5.74, 6) is 0.708. The van der Waals surface area contributed by atoms with Crippen molar-refractivity contribution < 1.29 is 4.92 Å². The fraction of sp³-hybridized carbons (Fsp3) is 0.417. The fourth-order valence-electron chi connectivity index (χ4n) is 1.87. The molecule has 0 saturated heterocycles. The first-order valence-electron chi connectivity index (χ1n) is 5.90. The molecule has 0 aromatic carbocycles. The largest absolute Gasteiger partial charge is 0.366 e. The van der Waals surface area contributed by atoms with E-state index in [0.29, 0.717) is 5.82 Å². The molecule has 6 heteroatoms. The van der Waals surface area contributed by atoms with Crippen LogP contribution in [0.4, 0.5) is 11.5 Å². The third kappa shape index (κ3) is 3.04. The first-order chi connectivity index (χ1) is 8.66. The van der Waals surface area contributed by atoms with Gasteiger partial charge < -0.3 is 10.6 Å². The number of hydrogen-bond acceptors (Lipinski definition) is 5. The zero-order valence-electron chi connectivity index (χ0n) is 10.3. The molecule has 0 atom stereocenters. The molecule has 1 aliphatic heterocycles. The highest BCUT2D eigenvalue weighted by Gasteiger charge is 2.10. The van der Waals surface area contributed by atoms with Crippen molar-refractivity contribution in [3.63, 3.8) is 0 Å². The minimum Gasteiger partial charge on any atom is -0.366 e. The number of hydrogen-bond donors (Lipinski definition) is 2. The molecule has 2 rings (SSSR count). The minimum atomic E-state index is -0.431. The second-order valence-electron chi connectivity index (χ2n) is 4.29. The van der Waals surface area contributed by atoms with Crippen molar-refractivity contribution in [1.29, 1.82) is 0 Å². The van der Waals surface area contributed by atoms with E-state index in [1.807, 2.05) is 6.92 Å². The van der Waals surface area contributed by atoms with Gasteiger partial charge in [-0.1, -0.05) is 11.6 Å². The van der Waals surface area contributed by atoms with Gasteiger partial charge in [-0.15, -0.1) is 0 Å². The SMILES string of the molecule is Cc1cc([N+](=O)[O-])cnc1NCC1=CCNCC1. The molecule has 96 valence electrons. The summed E-state index contributed by atoms with van der Waals surface area (Å²) in [6.45, 7) is 4.47. The quantitative estimate of drug-likeness (QED) is 0.481. The topological polar surface area (TPSA) is 80.1 Å². The van der Waals surface area contributed by atoms with Gasteiger partial charge in [0.2, 0.25) is 0 Å². The summed E-state index contributed by atoms with van der Waals surface area (Å²) in [5.41, 5.74) is 2.16. The maximum absolute atomic E-state index is 10.6. The van der Waals surface area contributed by atoms with Gasteiger partial charge in [-0.3, -0.25) is 10.1 Å². The molecule has 0 fully saturated rings. The molecule has 0 unspecified atom stereocenters. The van der Waals surface area contributed by atoms with Crippen LogP contribution in [-0.4, -0.2) is 29.5 Å². The maximum atomic E-state index is 10.6. The van der Waals surface area contributed by atoms with Gasteiger partial charge in [-0.2, -0.15) is 0 Å². The summed E-state index contributed by atoms with van der Waals surface area (Å²) in [4.78, 5) is 14.3. The van der Waals surface area contributed by atoms with E-state index in [1.165, 1.54) is 17.8 Å². The molecule has 6 nitrogen and oxygen atoms in total. The predicted octanol–water partition coefficient (Wildman–Crippen LogP) is 1.63. The van der Waals surface area contributed by atoms with Crippen LogP contribution in [0.25, 0.3) is 0 Å². The average molecular weight is 248 g/mol. The first-order valence-corrected chi connectivity index (χ1v) is 5.90. The van der Waals surface area contributed by atoms with Gasteiger partial charge in [0.15, 0.2) is 0 Å². The van der Waals surface area contributed by atoms with Crippen LogP contribution in [0, 0.1) is 17.0 Å². The van der Waals surface area contributed by atoms with E-state index in [9.17, 15) is 10.1 Å². The van der Waals surface area contributed by atoms with Crippen molar-refractivity contribution in [3.8, 4) is 0 Å². The Balaban J connectivity index is 2.01. The lowest BCUT2D eigenvalue weighted by Crippen LogP contribution is -2.23. The molecule has 18 heavy (non-hydrogen) atoms. The van der Waals surface area contributed by atoms with E-state index in [4.69, 9.17) is 0 Å². The molecule has 2 N–H and O–H groups in total. The van der Waals surface area contributed by atoms with Crippen LogP contribution >= 0.6 is 0 Å². The Morgan fingerprint density at radius 3 is 3.06 bits per heavy atom. The number of nitrogens with zero attached hydrogens (tertiary/aromatic N) is 2. The van der Waals surface area contributed by atoms with Crippen LogP contribution in [0.2, 0.25) is 0 Å². The van der Waals surface area contributed by atoms with Crippen LogP contribution in [0.1, 0.15) is 12.0 Å². The van der Waals surface area contributed by atoms with Crippen molar-refractivity contribution in [1.82, 2.24) is 10.3 Å². The van der Waals surface area contributed by atoms with Gasteiger partial charge in [-0.05, 0) is 25.5 Å². The molecule has 0 saturated carbocycles. The molecule has 2 heterocycles. The Bertz CT molecular complexity index is 485. The molecule has 1 aliphatic rings. The zero-order valence-corrected chi connectivity index (χ0v) is 10.3. The molecule has 0 bridgehead atoms. The molecule has 0 amide bonds. The van der Waals surface area contributed by atoms with Crippen molar-refractivity contribution in [2.45, 2.75) is 13.3 Å². The summed E-state index contributed by atoms with van der Waals surface area (Å²) < 4.78 is 0. The van der Waals surface area contributed by atoms with Crippen LogP contribution in [0.15, 0.2) is 23.9 Å². The Kier molecular flexibility index (Phi) is 3.88. The molecular weight excluding hydrogens is 232 g/mol. The molecule has 0 radical (unpaired) electrons. The molecular formula is C12H16N4O2. The highest BCUT2D eigenvalue weighted by molar-refractivity contribution is 5.48. The lowest BCUT2D eigenvalue weighted by atomic mass is 10.1. The van der Waals surface area contributed by atoms with Gasteiger partial charge in [0.05, 0.1) is 4.92 Å². The number of rotatable bonds is 4. The van der Waals surface area contributed by atoms with Crippen molar-refractivity contribution in [2.75, 3.05) is 25.0 Å². The number of nitrogens with one attached hydrogen (secondary N) is 2. The Hall–Kier alpha value is -1.95. The van der Waals surface area contributed by atoms with Crippen LogP contribution in [-0.2, 0) is 0 Å². The highest BCUT2D eigenvalue weighted by atomic mass is 16.6. The van der Waals surface area contributed by atoms with E-state index in [2.05, 4.69) is 21.7 Å². The maximum Gasteiger partial charge on any atom is 0.287 e. The number of aryl methyl sites for hydroxylation is 1. The summed E-state index contributed by atoms with van der Waals surface area (Å²) >= 11 is 0. The van der Waals surface area contributed by atoms with Crippen molar-refractivity contribution in [2.24, 2.45) is 0 Å². The third-order valence-corrected chi connectivity index (χ3v) is 2.92. The number of pyridine rings is 1. The summed E-state index contributed by atoms with van der Waals surface area (Å²) in [7, 11) is 0. The Morgan fingerprint density at radius 2 is 2.44 bits per heavy atom. The third-order valence-electron chi connectivity index (χ3n) is 2.92. The van der Waals surface area contributed by atoms with Gasteiger partial charge in [0, 0.05) is 19.2 Å². The summed E-state index contributed by atoms with van der Waals surface area (Å²) in [6, 6.07) is 1.53. The standard InChI is InChI=1S/C12H16N4O2/c1-9-6-11(16(17)18)8-15-12(9)14-7-10-2-4-13-5-3-10/h2,6,8,13H,3-5,7H2,1H3,(H,14,15). The van der Waals surface area contributed by atoms with E-state index in [0.717, 1.165) is 31.6 Å². The van der Waals surface area contributed by atoms with Gasteiger partial charge in [0.1, 0.15) is 12.0 Å². The van der Waals surface area contributed by atoms with Crippen LogP contribution in [0.3, 0.4) is 0 Å². The second kappa shape index (κ2) is 5.59. The van der Waals surface area contributed by atoms with Crippen LogP contribution < -0.4 is 10.6 Å². The lowest BCUT2D eigenvalue weighted by Gasteiger charge is -2.15.